The molecule has 0 aromatic heterocycles. The number of carbonyl (C=O) groups is 2. The van der Waals surface area contributed by atoms with E-state index in [4.69, 9.17) is 4.74 Å². The fourth-order valence-electron chi connectivity index (χ4n) is 3.53. The molecule has 152 valence electrons. The number of ether oxygens (including phenoxy) is 1. The third-order valence-corrected chi connectivity index (χ3v) is 5.01. The zero-order valence-electron chi connectivity index (χ0n) is 16.9. The largest absolute Gasteiger partial charge is 0.507 e. The first-order chi connectivity index (χ1) is 14.1. The van der Waals surface area contributed by atoms with Gasteiger partial charge in [0.25, 0.3) is 11.7 Å². The number of Topliss-reactive ketones (excluding diaryl/α,β-unsaturated/α-hetero) is 1. The first-order valence-corrected chi connectivity index (χ1v) is 10.1. The molecule has 1 heterocycles. The molecule has 1 aliphatic rings. The topological polar surface area (TPSA) is 66.8 Å². The summed E-state index contributed by atoms with van der Waals surface area (Å²) in [6.45, 7) is 5.15. The van der Waals surface area contributed by atoms with Crippen LogP contribution in [0.3, 0.4) is 0 Å². The van der Waals surface area contributed by atoms with Crippen molar-refractivity contribution < 1.29 is 19.4 Å². The minimum atomic E-state index is -0.645. The van der Waals surface area contributed by atoms with Crippen LogP contribution in [0.15, 0.2) is 60.2 Å². The van der Waals surface area contributed by atoms with Gasteiger partial charge in [0.05, 0.1) is 18.2 Å². The van der Waals surface area contributed by atoms with E-state index in [1.807, 2.05) is 37.3 Å². The molecule has 2 aromatic rings. The Labute approximate surface area is 171 Å². The first kappa shape index (κ1) is 20.6. The first-order valence-electron chi connectivity index (χ1n) is 10.1. The van der Waals surface area contributed by atoms with Crippen molar-refractivity contribution in [2.45, 2.75) is 39.2 Å². The predicted molar refractivity (Wildman–Crippen MR) is 113 cm³/mol. The maximum absolute atomic E-state index is 12.8. The molecule has 0 radical (unpaired) electrons. The highest BCUT2D eigenvalue weighted by Gasteiger charge is 2.45. The fourth-order valence-corrected chi connectivity index (χ4v) is 3.53. The van der Waals surface area contributed by atoms with Gasteiger partial charge in [-0.25, -0.2) is 0 Å². The molecule has 1 atom stereocenters. The molecular weight excluding hydrogens is 366 g/mol. The van der Waals surface area contributed by atoms with Crippen LogP contribution >= 0.6 is 0 Å². The van der Waals surface area contributed by atoms with E-state index in [1.54, 1.807) is 29.2 Å². The van der Waals surface area contributed by atoms with Gasteiger partial charge in [0.1, 0.15) is 11.5 Å². The summed E-state index contributed by atoms with van der Waals surface area (Å²) >= 11 is 0. The van der Waals surface area contributed by atoms with Crippen molar-refractivity contribution in [3.63, 3.8) is 0 Å². The van der Waals surface area contributed by atoms with Crippen LogP contribution in [0.4, 0.5) is 0 Å². The zero-order chi connectivity index (χ0) is 20.8. The van der Waals surface area contributed by atoms with Crippen LogP contribution in [0.25, 0.3) is 5.76 Å². The number of unbranched alkanes of at least 4 members (excludes halogenated alkanes) is 1. The number of benzene rings is 2. The Hall–Kier alpha value is -3.08. The van der Waals surface area contributed by atoms with E-state index in [1.165, 1.54) is 0 Å². The van der Waals surface area contributed by atoms with Crippen molar-refractivity contribution in [1.29, 1.82) is 0 Å². The standard InChI is InChI=1S/C24H27NO4/c1-3-5-16-29-19-13-11-17(12-14-19)21-20(22(26)18-9-7-6-8-10-18)23(27)24(28)25(21)15-4-2/h6-14,21,26H,3-5,15-16H2,1-2H3/b22-20-. The number of amides is 1. The van der Waals surface area contributed by atoms with Gasteiger partial charge >= 0.3 is 0 Å². The Bertz CT molecular complexity index is 887. The molecule has 2 aromatic carbocycles. The second-order valence-corrected chi connectivity index (χ2v) is 7.13. The van der Waals surface area contributed by atoms with Crippen molar-refractivity contribution in [3.8, 4) is 5.75 Å². The fraction of sp³-hybridized carbons (Fsp3) is 0.333. The van der Waals surface area contributed by atoms with Crippen molar-refractivity contribution >= 4 is 17.4 Å². The number of hydrogen-bond acceptors (Lipinski definition) is 4. The molecule has 29 heavy (non-hydrogen) atoms. The van der Waals surface area contributed by atoms with Crippen molar-refractivity contribution in [2.75, 3.05) is 13.2 Å². The van der Waals surface area contributed by atoms with Crippen LogP contribution in [0.2, 0.25) is 0 Å². The van der Waals surface area contributed by atoms with Crippen molar-refractivity contribution in [1.82, 2.24) is 4.90 Å². The third kappa shape index (κ3) is 4.34. The number of ketones is 1. The van der Waals surface area contributed by atoms with E-state index < -0.39 is 17.7 Å². The Morgan fingerprint density at radius 3 is 2.31 bits per heavy atom. The number of rotatable bonds is 8. The van der Waals surface area contributed by atoms with E-state index in [2.05, 4.69) is 6.92 Å². The SMILES string of the molecule is CCCCOc1ccc(C2/C(=C(/O)c3ccccc3)C(=O)C(=O)N2CCC)cc1. The molecule has 0 bridgehead atoms. The number of carbonyl (C=O) groups excluding carboxylic acids is 2. The van der Waals surface area contributed by atoms with Gasteiger partial charge in [0, 0.05) is 12.1 Å². The number of likely N-dealkylation sites (tertiary alicyclic amines) is 1. The molecule has 1 saturated heterocycles. The molecule has 1 aliphatic heterocycles. The lowest BCUT2D eigenvalue weighted by Crippen LogP contribution is -2.30. The Kier molecular flexibility index (Phi) is 6.70. The summed E-state index contributed by atoms with van der Waals surface area (Å²) in [5.41, 5.74) is 1.43. The normalized spacial score (nSPS) is 18.3. The smallest absolute Gasteiger partial charge is 0.295 e. The molecule has 0 spiro atoms. The average molecular weight is 393 g/mol. The number of nitrogens with zero attached hydrogens (tertiary/aromatic N) is 1. The predicted octanol–water partition coefficient (Wildman–Crippen LogP) is 4.70. The van der Waals surface area contributed by atoms with Crippen LogP contribution < -0.4 is 4.74 Å². The monoisotopic (exact) mass is 393 g/mol. The van der Waals surface area contributed by atoms with Crippen LogP contribution in [-0.2, 0) is 9.59 Å². The summed E-state index contributed by atoms with van der Waals surface area (Å²) in [4.78, 5) is 27.0. The zero-order valence-corrected chi connectivity index (χ0v) is 16.9. The Morgan fingerprint density at radius 1 is 1.00 bits per heavy atom. The van der Waals surface area contributed by atoms with Gasteiger partial charge < -0.3 is 14.7 Å². The molecule has 1 fully saturated rings. The van der Waals surface area contributed by atoms with E-state index in [9.17, 15) is 14.7 Å². The second kappa shape index (κ2) is 9.41. The van der Waals surface area contributed by atoms with Gasteiger partial charge in [0.15, 0.2) is 0 Å². The number of aliphatic hydroxyl groups is 1. The summed E-state index contributed by atoms with van der Waals surface area (Å²) in [6, 6.07) is 15.7. The van der Waals surface area contributed by atoms with Crippen LogP contribution in [0, 0.1) is 0 Å². The second-order valence-electron chi connectivity index (χ2n) is 7.13. The van der Waals surface area contributed by atoms with Gasteiger partial charge in [-0.05, 0) is 30.5 Å². The molecule has 0 saturated carbocycles. The molecule has 3 rings (SSSR count). The molecule has 0 aliphatic carbocycles. The van der Waals surface area contributed by atoms with Gasteiger partial charge in [-0.15, -0.1) is 0 Å². The summed E-state index contributed by atoms with van der Waals surface area (Å²) in [5.74, 6) is -0.612. The molecule has 5 nitrogen and oxygen atoms in total. The van der Waals surface area contributed by atoms with Gasteiger partial charge in [-0.1, -0.05) is 62.7 Å². The van der Waals surface area contributed by atoms with Crippen molar-refractivity contribution in [2.24, 2.45) is 0 Å². The lowest BCUT2D eigenvalue weighted by atomic mass is 9.95. The van der Waals surface area contributed by atoms with Gasteiger partial charge in [-0.2, -0.15) is 0 Å². The van der Waals surface area contributed by atoms with Crippen LogP contribution in [0.5, 0.6) is 5.75 Å². The molecule has 5 heteroatoms. The summed E-state index contributed by atoms with van der Waals surface area (Å²) in [6.07, 6.45) is 2.76. The number of aliphatic hydroxyl groups excluding tert-OH is 1. The van der Waals surface area contributed by atoms with E-state index in [0.717, 1.165) is 24.2 Å². The number of hydrogen-bond donors (Lipinski definition) is 1. The van der Waals surface area contributed by atoms with Gasteiger partial charge in [-0.3, -0.25) is 9.59 Å². The highest BCUT2D eigenvalue weighted by Crippen LogP contribution is 2.39. The maximum atomic E-state index is 12.8. The van der Waals surface area contributed by atoms with Crippen LogP contribution in [0.1, 0.15) is 50.3 Å². The van der Waals surface area contributed by atoms with E-state index >= 15 is 0 Å². The molecule has 1 unspecified atom stereocenters. The van der Waals surface area contributed by atoms with E-state index in [0.29, 0.717) is 25.1 Å². The summed E-state index contributed by atoms with van der Waals surface area (Å²) in [5, 5.41) is 10.9. The molecular formula is C24H27NO4. The summed E-state index contributed by atoms with van der Waals surface area (Å²) < 4.78 is 5.72. The highest BCUT2D eigenvalue weighted by atomic mass is 16.5. The molecule has 1 amide bonds. The minimum absolute atomic E-state index is 0.134. The van der Waals surface area contributed by atoms with Crippen molar-refractivity contribution in [3.05, 3.63) is 71.3 Å². The lowest BCUT2D eigenvalue weighted by Gasteiger charge is -2.25. The summed E-state index contributed by atoms with van der Waals surface area (Å²) in [7, 11) is 0. The maximum Gasteiger partial charge on any atom is 0.295 e. The van der Waals surface area contributed by atoms with Crippen LogP contribution in [-0.4, -0.2) is 34.8 Å². The average Bonchev–Trinajstić information content (AvgIpc) is 3.00. The highest BCUT2D eigenvalue weighted by molar-refractivity contribution is 6.46. The lowest BCUT2D eigenvalue weighted by molar-refractivity contribution is -0.139. The quantitative estimate of drug-likeness (QED) is 0.306. The minimum Gasteiger partial charge on any atom is -0.507 e. The third-order valence-electron chi connectivity index (χ3n) is 5.01. The van der Waals surface area contributed by atoms with Gasteiger partial charge in [0.2, 0.25) is 0 Å². The van der Waals surface area contributed by atoms with E-state index in [-0.39, 0.29) is 11.3 Å². The Morgan fingerprint density at radius 2 is 1.69 bits per heavy atom. The molecule has 1 N–H and O–H groups in total. The Balaban J connectivity index is 2.01.